The number of hydrogen-bond acceptors (Lipinski definition) is 4. The molecule has 0 radical (unpaired) electrons. The largest absolute Gasteiger partial charge is 0.342 e. The van der Waals surface area contributed by atoms with Gasteiger partial charge in [0.25, 0.3) is 0 Å². The zero-order valence-electron chi connectivity index (χ0n) is 15.4. The van der Waals surface area contributed by atoms with Crippen molar-refractivity contribution in [2.75, 3.05) is 45.8 Å². The summed E-state index contributed by atoms with van der Waals surface area (Å²) in [5.74, 6) is 0.111. The number of sulfonamides is 1. The molecule has 1 saturated heterocycles. The number of nitrogens with zero attached hydrogens (tertiary/aromatic N) is 3. The minimum Gasteiger partial charge on any atom is -0.342 e. The number of benzene rings is 1. The highest BCUT2D eigenvalue weighted by atomic mass is 32.2. The van der Waals surface area contributed by atoms with E-state index in [0.29, 0.717) is 44.2 Å². The lowest BCUT2D eigenvalue weighted by Crippen LogP contribution is -2.42. The molecule has 0 N–H and O–H groups in total. The van der Waals surface area contributed by atoms with Crippen molar-refractivity contribution in [2.24, 2.45) is 0 Å². The quantitative estimate of drug-likeness (QED) is 0.766. The standard InChI is InChI=1S/C18H29N3O3S/c1-4-20(5-2)18(22)15-19-11-6-12-21(14-13-19)25(23,24)17-9-7-16(3)8-10-17/h7-10H,4-6,11-15H2,1-3H3. The fraction of sp³-hybridized carbons (Fsp3) is 0.611. The second-order valence-corrected chi connectivity index (χ2v) is 8.35. The lowest BCUT2D eigenvalue weighted by Gasteiger charge is -2.25. The van der Waals surface area contributed by atoms with E-state index in [1.165, 1.54) is 0 Å². The Hall–Kier alpha value is -1.44. The molecule has 0 saturated carbocycles. The predicted molar refractivity (Wildman–Crippen MR) is 98.9 cm³/mol. The molecule has 1 aliphatic heterocycles. The smallest absolute Gasteiger partial charge is 0.243 e. The molecule has 0 aromatic heterocycles. The maximum atomic E-state index is 12.8. The van der Waals surface area contributed by atoms with Gasteiger partial charge >= 0.3 is 0 Å². The van der Waals surface area contributed by atoms with Crippen LogP contribution in [0.5, 0.6) is 0 Å². The highest BCUT2D eigenvalue weighted by molar-refractivity contribution is 7.89. The second kappa shape index (κ2) is 8.78. The Balaban J connectivity index is 2.01. The van der Waals surface area contributed by atoms with Gasteiger partial charge in [0.15, 0.2) is 0 Å². The van der Waals surface area contributed by atoms with Crippen molar-refractivity contribution in [1.82, 2.24) is 14.1 Å². The molecule has 140 valence electrons. The lowest BCUT2D eigenvalue weighted by atomic mass is 10.2. The van der Waals surface area contributed by atoms with Crippen molar-refractivity contribution >= 4 is 15.9 Å². The highest BCUT2D eigenvalue weighted by Gasteiger charge is 2.27. The van der Waals surface area contributed by atoms with Crippen LogP contribution < -0.4 is 0 Å². The summed E-state index contributed by atoms with van der Waals surface area (Å²) in [4.78, 5) is 16.5. The molecular formula is C18H29N3O3S. The zero-order chi connectivity index (χ0) is 18.4. The van der Waals surface area contributed by atoms with Gasteiger partial charge in [0.2, 0.25) is 15.9 Å². The zero-order valence-corrected chi connectivity index (χ0v) is 16.3. The third-order valence-corrected chi connectivity index (χ3v) is 6.59. The first-order valence-corrected chi connectivity index (χ1v) is 10.4. The van der Waals surface area contributed by atoms with E-state index in [1.807, 2.05) is 37.8 Å². The molecule has 0 unspecified atom stereocenters. The topological polar surface area (TPSA) is 60.9 Å². The van der Waals surface area contributed by atoms with Gasteiger partial charge in [-0.05, 0) is 45.9 Å². The molecule has 7 heteroatoms. The van der Waals surface area contributed by atoms with Crippen LogP contribution in [0.3, 0.4) is 0 Å². The van der Waals surface area contributed by atoms with Crippen molar-refractivity contribution in [1.29, 1.82) is 0 Å². The van der Waals surface area contributed by atoms with E-state index >= 15 is 0 Å². The first-order chi connectivity index (χ1) is 11.9. The van der Waals surface area contributed by atoms with Gasteiger partial charge in [-0.1, -0.05) is 17.7 Å². The number of carbonyl (C=O) groups is 1. The van der Waals surface area contributed by atoms with Crippen molar-refractivity contribution in [3.8, 4) is 0 Å². The molecule has 0 bridgehead atoms. The molecular weight excluding hydrogens is 338 g/mol. The van der Waals surface area contributed by atoms with Crippen LogP contribution >= 0.6 is 0 Å². The fourth-order valence-corrected chi connectivity index (χ4v) is 4.54. The van der Waals surface area contributed by atoms with Gasteiger partial charge in [0.1, 0.15) is 0 Å². The lowest BCUT2D eigenvalue weighted by molar-refractivity contribution is -0.132. The first-order valence-electron chi connectivity index (χ1n) is 8.95. The van der Waals surface area contributed by atoms with E-state index in [1.54, 1.807) is 16.4 Å². The normalized spacial score (nSPS) is 17.2. The van der Waals surface area contributed by atoms with Crippen molar-refractivity contribution in [3.05, 3.63) is 29.8 Å². The summed E-state index contributed by atoms with van der Waals surface area (Å²) in [6.07, 6.45) is 0.733. The van der Waals surface area contributed by atoms with E-state index < -0.39 is 10.0 Å². The maximum absolute atomic E-state index is 12.8. The molecule has 0 atom stereocenters. The molecule has 1 aromatic rings. The number of rotatable bonds is 6. The minimum atomic E-state index is -3.47. The van der Waals surface area contributed by atoms with Crippen LogP contribution in [-0.4, -0.2) is 74.2 Å². The monoisotopic (exact) mass is 367 g/mol. The summed E-state index contributed by atoms with van der Waals surface area (Å²) < 4.78 is 27.2. The van der Waals surface area contributed by atoms with E-state index in [9.17, 15) is 13.2 Å². The third-order valence-electron chi connectivity index (χ3n) is 4.68. The maximum Gasteiger partial charge on any atom is 0.243 e. The Morgan fingerprint density at radius 3 is 2.28 bits per heavy atom. The molecule has 1 fully saturated rings. The summed E-state index contributed by atoms with van der Waals surface area (Å²) in [5, 5.41) is 0. The van der Waals surface area contributed by atoms with E-state index in [-0.39, 0.29) is 5.91 Å². The molecule has 6 nitrogen and oxygen atoms in total. The summed E-state index contributed by atoms with van der Waals surface area (Å²) in [6, 6.07) is 6.97. The van der Waals surface area contributed by atoms with Crippen molar-refractivity contribution < 1.29 is 13.2 Å². The van der Waals surface area contributed by atoms with Crippen LogP contribution in [0.15, 0.2) is 29.2 Å². The Morgan fingerprint density at radius 2 is 1.68 bits per heavy atom. The van der Waals surface area contributed by atoms with Gasteiger partial charge in [-0.3, -0.25) is 9.69 Å². The van der Waals surface area contributed by atoms with Gasteiger partial charge in [0.05, 0.1) is 11.4 Å². The van der Waals surface area contributed by atoms with Gasteiger partial charge in [0, 0.05) is 32.7 Å². The number of carbonyl (C=O) groups excluding carboxylic acids is 1. The number of aryl methyl sites for hydroxylation is 1. The van der Waals surface area contributed by atoms with Gasteiger partial charge < -0.3 is 4.90 Å². The molecule has 0 aliphatic carbocycles. The SMILES string of the molecule is CCN(CC)C(=O)CN1CCCN(S(=O)(=O)c2ccc(C)cc2)CC1. The molecule has 2 rings (SSSR count). The average molecular weight is 368 g/mol. The number of hydrogen-bond donors (Lipinski definition) is 0. The van der Waals surface area contributed by atoms with Crippen LogP contribution in [0.1, 0.15) is 25.8 Å². The van der Waals surface area contributed by atoms with Gasteiger partial charge in [-0.2, -0.15) is 4.31 Å². The van der Waals surface area contributed by atoms with E-state index in [4.69, 9.17) is 0 Å². The van der Waals surface area contributed by atoms with Crippen LogP contribution in [0, 0.1) is 6.92 Å². The number of amides is 1. The molecule has 1 aliphatic rings. The van der Waals surface area contributed by atoms with E-state index in [0.717, 1.165) is 18.5 Å². The summed E-state index contributed by atoms with van der Waals surface area (Å²) in [6.45, 7) is 9.89. The Morgan fingerprint density at radius 1 is 1.04 bits per heavy atom. The fourth-order valence-electron chi connectivity index (χ4n) is 3.07. The molecule has 1 heterocycles. The Bertz CT molecular complexity index is 669. The first kappa shape index (κ1) is 19.9. The molecule has 1 amide bonds. The van der Waals surface area contributed by atoms with Crippen LogP contribution in [-0.2, 0) is 14.8 Å². The van der Waals surface area contributed by atoms with Crippen molar-refractivity contribution in [3.63, 3.8) is 0 Å². The molecule has 1 aromatic carbocycles. The van der Waals surface area contributed by atoms with Crippen LogP contribution in [0.2, 0.25) is 0 Å². The third kappa shape index (κ3) is 5.03. The Labute approximate surface area is 151 Å². The van der Waals surface area contributed by atoms with E-state index in [2.05, 4.69) is 4.90 Å². The summed E-state index contributed by atoms with van der Waals surface area (Å²) >= 11 is 0. The summed E-state index contributed by atoms with van der Waals surface area (Å²) in [7, 11) is -3.47. The van der Waals surface area contributed by atoms with Gasteiger partial charge in [-0.15, -0.1) is 0 Å². The minimum absolute atomic E-state index is 0.111. The van der Waals surface area contributed by atoms with Crippen LogP contribution in [0.25, 0.3) is 0 Å². The van der Waals surface area contributed by atoms with Crippen LogP contribution in [0.4, 0.5) is 0 Å². The number of likely N-dealkylation sites (N-methyl/N-ethyl adjacent to an activating group) is 1. The Kier molecular flexibility index (Phi) is 6.98. The molecule has 0 spiro atoms. The highest BCUT2D eigenvalue weighted by Crippen LogP contribution is 2.18. The molecule has 25 heavy (non-hydrogen) atoms. The second-order valence-electron chi connectivity index (χ2n) is 6.41. The summed E-state index contributed by atoms with van der Waals surface area (Å²) in [5.41, 5.74) is 1.04. The van der Waals surface area contributed by atoms with Crippen molar-refractivity contribution in [2.45, 2.75) is 32.1 Å². The predicted octanol–water partition coefficient (Wildman–Crippen LogP) is 1.56. The average Bonchev–Trinajstić information content (AvgIpc) is 2.82. The van der Waals surface area contributed by atoms with Gasteiger partial charge in [-0.25, -0.2) is 8.42 Å².